The number of aromatic nitrogens is 1. The highest BCUT2D eigenvalue weighted by atomic mass is 35.5. The summed E-state index contributed by atoms with van der Waals surface area (Å²) in [6.45, 7) is 6.38. The van der Waals surface area contributed by atoms with Gasteiger partial charge in [-0.05, 0) is 78.9 Å². The fourth-order valence-corrected chi connectivity index (χ4v) is 6.79. The van der Waals surface area contributed by atoms with E-state index in [9.17, 15) is 23.1 Å². The van der Waals surface area contributed by atoms with Crippen molar-refractivity contribution < 1.29 is 27.9 Å². The van der Waals surface area contributed by atoms with Crippen LogP contribution in [0.2, 0.25) is 5.02 Å². The van der Waals surface area contributed by atoms with Gasteiger partial charge in [0.25, 0.3) is 12.1 Å². The highest BCUT2D eigenvalue weighted by Gasteiger charge is 2.23. The fraction of sp³-hybridized carbons (Fsp3) is 0.303. The maximum Gasteiger partial charge on any atom is 0.366 e. The maximum absolute atomic E-state index is 12.9. The Morgan fingerprint density at radius 2 is 1.68 bits per heavy atom. The number of thiazole rings is 1. The molecule has 0 radical (unpaired) electrons. The van der Waals surface area contributed by atoms with Crippen molar-refractivity contribution >= 4 is 44.7 Å². The summed E-state index contributed by atoms with van der Waals surface area (Å²) < 4.78 is 30.7. The van der Waals surface area contributed by atoms with Crippen LogP contribution in [0.4, 0.5) is 0 Å². The zero-order valence-corrected chi connectivity index (χ0v) is 27.1. The molecular weight excluding hydrogens is 620 g/mol. The SMILES string of the molecule is CC(C)(C)c1csc(CCc2cccc(C(=O)NC(Oc3ccc(CCCS(=O)(=O)c4ccc(Cl)cc4)cc3)C(=O)O)c2)n1. The molecule has 0 aliphatic rings. The molecule has 1 aromatic heterocycles. The van der Waals surface area contributed by atoms with Crippen LogP contribution in [0.5, 0.6) is 5.75 Å². The predicted molar refractivity (Wildman–Crippen MR) is 172 cm³/mol. The first-order valence-electron chi connectivity index (χ1n) is 14.1. The van der Waals surface area contributed by atoms with Gasteiger partial charge in [0.1, 0.15) is 5.75 Å². The quantitative estimate of drug-likeness (QED) is 0.158. The lowest BCUT2D eigenvalue weighted by Gasteiger charge is -2.17. The van der Waals surface area contributed by atoms with Gasteiger partial charge in [0.2, 0.25) is 0 Å². The lowest BCUT2D eigenvalue weighted by atomic mass is 9.93. The van der Waals surface area contributed by atoms with Crippen molar-refractivity contribution in [2.75, 3.05) is 5.75 Å². The Balaban J connectivity index is 1.30. The molecule has 0 aliphatic carbocycles. The zero-order valence-electron chi connectivity index (χ0n) is 24.7. The summed E-state index contributed by atoms with van der Waals surface area (Å²) in [5.41, 5.74) is 3.18. The lowest BCUT2D eigenvalue weighted by Crippen LogP contribution is -2.45. The van der Waals surface area contributed by atoms with E-state index in [1.54, 1.807) is 65.9 Å². The Labute approximate surface area is 267 Å². The van der Waals surface area contributed by atoms with Crippen LogP contribution in [-0.4, -0.2) is 42.4 Å². The Morgan fingerprint density at radius 1 is 0.977 bits per heavy atom. The van der Waals surface area contributed by atoms with E-state index >= 15 is 0 Å². The highest BCUT2D eigenvalue weighted by Crippen LogP contribution is 2.25. The van der Waals surface area contributed by atoms with Gasteiger partial charge in [-0.1, -0.05) is 56.6 Å². The Morgan fingerprint density at radius 3 is 2.32 bits per heavy atom. The van der Waals surface area contributed by atoms with Gasteiger partial charge in [0, 0.05) is 27.8 Å². The third-order valence-electron chi connectivity index (χ3n) is 6.85. The first-order chi connectivity index (χ1) is 20.8. The number of ether oxygens (including phenoxy) is 1. The number of nitrogens with zero attached hydrogens (tertiary/aromatic N) is 1. The predicted octanol–water partition coefficient (Wildman–Crippen LogP) is 6.51. The van der Waals surface area contributed by atoms with Crippen molar-refractivity contribution in [2.24, 2.45) is 0 Å². The van der Waals surface area contributed by atoms with E-state index in [0.717, 1.165) is 28.2 Å². The van der Waals surface area contributed by atoms with Gasteiger partial charge in [0.05, 0.1) is 21.3 Å². The van der Waals surface area contributed by atoms with Crippen molar-refractivity contribution in [3.05, 3.63) is 111 Å². The average Bonchev–Trinajstić information content (AvgIpc) is 3.47. The topological polar surface area (TPSA) is 123 Å². The van der Waals surface area contributed by atoms with Crippen LogP contribution in [0.25, 0.3) is 0 Å². The molecule has 1 unspecified atom stereocenters. The average molecular weight is 655 g/mol. The van der Waals surface area contributed by atoms with Crippen LogP contribution in [-0.2, 0) is 39.3 Å². The van der Waals surface area contributed by atoms with Gasteiger partial charge in [-0.25, -0.2) is 18.2 Å². The molecule has 0 spiro atoms. The molecule has 8 nitrogen and oxygen atoms in total. The minimum absolute atomic E-state index is 0.0121. The van der Waals surface area contributed by atoms with E-state index in [2.05, 4.69) is 31.5 Å². The number of amides is 1. The fourth-order valence-electron chi connectivity index (χ4n) is 4.33. The third-order valence-corrected chi connectivity index (χ3v) is 9.83. The third kappa shape index (κ3) is 9.38. The molecule has 0 fully saturated rings. The molecule has 4 rings (SSSR count). The summed E-state index contributed by atoms with van der Waals surface area (Å²) in [6, 6.07) is 19.8. The molecule has 4 aromatic rings. The number of carboxylic acid groups (broad SMARTS) is 1. The summed E-state index contributed by atoms with van der Waals surface area (Å²) in [7, 11) is -3.43. The van der Waals surface area contributed by atoms with Crippen LogP contribution in [0.3, 0.4) is 0 Å². The molecule has 1 heterocycles. The van der Waals surface area contributed by atoms with Crippen LogP contribution < -0.4 is 10.1 Å². The number of hydrogen-bond acceptors (Lipinski definition) is 7. The van der Waals surface area contributed by atoms with E-state index in [0.29, 0.717) is 29.8 Å². The Kier molecular flexibility index (Phi) is 10.8. The number of nitrogens with one attached hydrogen (secondary N) is 1. The van der Waals surface area contributed by atoms with Gasteiger partial charge in [-0.3, -0.25) is 4.79 Å². The maximum atomic E-state index is 12.9. The smallest absolute Gasteiger partial charge is 0.366 e. The molecule has 0 saturated carbocycles. The van der Waals surface area contributed by atoms with Crippen molar-refractivity contribution in [1.29, 1.82) is 0 Å². The minimum Gasteiger partial charge on any atom is -0.477 e. The van der Waals surface area contributed by atoms with Gasteiger partial charge in [-0.15, -0.1) is 11.3 Å². The van der Waals surface area contributed by atoms with Gasteiger partial charge in [-0.2, -0.15) is 0 Å². The summed E-state index contributed by atoms with van der Waals surface area (Å²) in [6.07, 6.45) is 0.729. The molecule has 0 saturated heterocycles. The summed E-state index contributed by atoms with van der Waals surface area (Å²) >= 11 is 7.47. The summed E-state index contributed by atoms with van der Waals surface area (Å²) in [4.78, 5) is 29.8. The first-order valence-corrected chi connectivity index (χ1v) is 17.0. The van der Waals surface area contributed by atoms with Crippen LogP contribution >= 0.6 is 22.9 Å². The molecule has 0 bridgehead atoms. The number of hydrogen-bond donors (Lipinski definition) is 2. The van der Waals surface area contributed by atoms with Crippen LogP contribution in [0.15, 0.2) is 83.1 Å². The number of sulfone groups is 1. The van der Waals surface area contributed by atoms with Gasteiger partial charge >= 0.3 is 5.97 Å². The number of halogens is 1. The number of carbonyl (C=O) groups is 2. The van der Waals surface area contributed by atoms with Crippen molar-refractivity contribution in [3.8, 4) is 5.75 Å². The zero-order chi connectivity index (χ0) is 31.9. The molecule has 2 N–H and O–H groups in total. The van der Waals surface area contributed by atoms with Crippen LogP contribution in [0, 0.1) is 0 Å². The second kappa shape index (κ2) is 14.4. The van der Waals surface area contributed by atoms with E-state index in [-0.39, 0.29) is 21.8 Å². The molecule has 44 heavy (non-hydrogen) atoms. The molecule has 0 aliphatic heterocycles. The number of aryl methyl sites for hydroxylation is 3. The van der Waals surface area contributed by atoms with E-state index < -0.39 is 27.9 Å². The first kappa shape index (κ1) is 33.2. The number of rotatable bonds is 13. The Hall–Kier alpha value is -3.73. The molecule has 1 atom stereocenters. The number of aliphatic carboxylic acids is 1. The molecule has 3 aromatic carbocycles. The van der Waals surface area contributed by atoms with E-state index in [1.165, 1.54) is 12.1 Å². The number of carbonyl (C=O) groups excluding carboxylic acids is 1. The van der Waals surface area contributed by atoms with Gasteiger partial charge in [0.15, 0.2) is 9.84 Å². The Bertz CT molecular complexity index is 1700. The normalized spacial score (nSPS) is 12.5. The summed E-state index contributed by atoms with van der Waals surface area (Å²) in [5.74, 6) is -1.68. The second-order valence-corrected chi connectivity index (χ2v) is 14.9. The lowest BCUT2D eigenvalue weighted by molar-refractivity contribution is -0.146. The van der Waals surface area contributed by atoms with Crippen LogP contribution in [0.1, 0.15) is 59.4 Å². The number of benzene rings is 3. The number of carboxylic acids is 1. The molecule has 1 amide bonds. The minimum atomic E-state index is -3.43. The second-order valence-electron chi connectivity index (χ2n) is 11.4. The van der Waals surface area contributed by atoms with E-state index in [4.69, 9.17) is 21.3 Å². The van der Waals surface area contributed by atoms with Crippen molar-refractivity contribution in [1.82, 2.24) is 10.3 Å². The monoisotopic (exact) mass is 654 g/mol. The summed E-state index contributed by atoms with van der Waals surface area (Å²) in [5, 5.41) is 15.7. The molecule has 232 valence electrons. The van der Waals surface area contributed by atoms with E-state index in [1.807, 2.05) is 6.07 Å². The molecular formula is C33H35ClN2O6S2. The van der Waals surface area contributed by atoms with Crippen molar-refractivity contribution in [2.45, 2.75) is 63.0 Å². The van der Waals surface area contributed by atoms with Gasteiger partial charge < -0.3 is 15.2 Å². The standard InChI is InChI=1S/C33H35ClN2O6S2/c1-33(2,3)28-21-43-29(35-28)18-11-23-6-4-8-24(20-23)30(37)36-31(32(38)39)42-26-14-9-22(10-15-26)7-5-19-44(40,41)27-16-12-25(34)13-17-27/h4,6,8-10,12-17,20-21,31H,5,7,11,18-19H2,1-3H3,(H,36,37)(H,38,39). The molecule has 11 heteroatoms. The largest absolute Gasteiger partial charge is 0.477 e. The highest BCUT2D eigenvalue weighted by molar-refractivity contribution is 7.91. The van der Waals surface area contributed by atoms with Crippen molar-refractivity contribution in [3.63, 3.8) is 0 Å².